The first-order chi connectivity index (χ1) is 16.5. The van der Waals surface area contributed by atoms with Gasteiger partial charge in [-0.25, -0.2) is 9.78 Å². The van der Waals surface area contributed by atoms with E-state index < -0.39 is 17.6 Å². The van der Waals surface area contributed by atoms with E-state index in [1.54, 1.807) is 69.3 Å². The molecule has 0 aliphatic rings. The van der Waals surface area contributed by atoms with E-state index in [-0.39, 0.29) is 23.2 Å². The number of nitrogens with zero attached hydrogens (tertiary/aromatic N) is 2. The number of amides is 3. The molecule has 182 valence electrons. The predicted molar refractivity (Wildman–Crippen MR) is 134 cm³/mol. The van der Waals surface area contributed by atoms with Gasteiger partial charge in [0.1, 0.15) is 17.0 Å². The van der Waals surface area contributed by atoms with Crippen molar-refractivity contribution in [1.82, 2.24) is 9.97 Å². The highest BCUT2D eigenvalue weighted by Crippen LogP contribution is 2.24. The summed E-state index contributed by atoms with van der Waals surface area (Å²) in [6, 6.07) is 13.7. The van der Waals surface area contributed by atoms with Gasteiger partial charge in [0.15, 0.2) is 0 Å². The Hall–Kier alpha value is -4.67. The molecular weight excluding hydrogens is 450 g/mol. The summed E-state index contributed by atoms with van der Waals surface area (Å²) in [4.78, 5) is 43.7. The number of anilines is 6. The Balaban J connectivity index is 1.76. The summed E-state index contributed by atoms with van der Waals surface area (Å²) < 4.78 is 5.24. The second-order valence-corrected chi connectivity index (χ2v) is 8.54. The van der Waals surface area contributed by atoms with Crippen molar-refractivity contribution in [3.63, 3.8) is 0 Å². The van der Waals surface area contributed by atoms with Crippen LogP contribution in [0.3, 0.4) is 0 Å². The highest BCUT2D eigenvalue weighted by atomic mass is 16.6. The number of nitrogens with one attached hydrogen (secondary N) is 4. The monoisotopic (exact) mass is 477 g/mol. The highest BCUT2D eigenvalue weighted by molar-refractivity contribution is 5.98. The molecule has 0 saturated heterocycles. The van der Waals surface area contributed by atoms with Gasteiger partial charge in [0.2, 0.25) is 11.9 Å². The van der Waals surface area contributed by atoms with E-state index in [9.17, 15) is 14.4 Å². The lowest BCUT2D eigenvalue weighted by atomic mass is 10.2. The van der Waals surface area contributed by atoms with Gasteiger partial charge in [-0.1, -0.05) is 6.07 Å². The third kappa shape index (κ3) is 7.70. The smallest absolute Gasteiger partial charge is 0.412 e. The number of aromatic nitrogens is 2. The van der Waals surface area contributed by atoms with Gasteiger partial charge in [0.25, 0.3) is 5.91 Å². The number of primary amides is 1. The summed E-state index contributed by atoms with van der Waals surface area (Å²) in [6.45, 7) is 6.76. The molecule has 6 N–H and O–H groups in total. The van der Waals surface area contributed by atoms with Crippen LogP contribution in [0.25, 0.3) is 0 Å². The van der Waals surface area contributed by atoms with Crippen LogP contribution in [0.4, 0.5) is 39.3 Å². The van der Waals surface area contributed by atoms with Gasteiger partial charge in [-0.2, -0.15) is 4.98 Å². The van der Waals surface area contributed by atoms with Crippen molar-refractivity contribution in [2.75, 3.05) is 21.3 Å². The Bertz CT molecular complexity index is 1240. The van der Waals surface area contributed by atoms with Crippen LogP contribution in [0.1, 0.15) is 38.1 Å². The second kappa shape index (κ2) is 10.5. The number of rotatable bonds is 7. The lowest BCUT2D eigenvalue weighted by molar-refractivity contribution is -0.114. The number of hydrogen-bond acceptors (Lipinski definition) is 8. The van der Waals surface area contributed by atoms with E-state index in [0.717, 1.165) is 0 Å². The molecule has 0 spiro atoms. The van der Waals surface area contributed by atoms with Crippen LogP contribution in [0, 0.1) is 0 Å². The van der Waals surface area contributed by atoms with Gasteiger partial charge >= 0.3 is 6.09 Å². The van der Waals surface area contributed by atoms with Crippen molar-refractivity contribution >= 4 is 52.4 Å². The molecule has 0 saturated carbocycles. The molecule has 11 heteroatoms. The molecule has 3 amide bonds. The maximum atomic E-state index is 11.9. The lowest BCUT2D eigenvalue weighted by Gasteiger charge is -2.19. The van der Waals surface area contributed by atoms with Crippen molar-refractivity contribution in [2.24, 2.45) is 5.73 Å². The van der Waals surface area contributed by atoms with E-state index in [1.165, 1.54) is 13.1 Å². The summed E-state index contributed by atoms with van der Waals surface area (Å²) in [5, 5.41) is 11.4. The Kier molecular flexibility index (Phi) is 7.49. The van der Waals surface area contributed by atoms with Gasteiger partial charge in [0, 0.05) is 35.9 Å². The van der Waals surface area contributed by atoms with Gasteiger partial charge in [-0.05, 0) is 63.2 Å². The van der Waals surface area contributed by atoms with Crippen LogP contribution < -0.4 is 27.0 Å². The minimum Gasteiger partial charge on any atom is -0.444 e. The van der Waals surface area contributed by atoms with Gasteiger partial charge in [0.05, 0.1) is 0 Å². The van der Waals surface area contributed by atoms with Crippen LogP contribution in [-0.4, -0.2) is 33.5 Å². The third-order valence-electron chi connectivity index (χ3n) is 4.29. The van der Waals surface area contributed by atoms with Gasteiger partial charge in [-0.15, -0.1) is 0 Å². The van der Waals surface area contributed by atoms with Crippen molar-refractivity contribution < 1.29 is 19.1 Å². The second-order valence-electron chi connectivity index (χ2n) is 8.54. The average Bonchev–Trinajstić information content (AvgIpc) is 2.73. The predicted octanol–water partition coefficient (Wildman–Crippen LogP) is 4.37. The maximum Gasteiger partial charge on any atom is 0.412 e. The molecule has 2 aromatic carbocycles. The maximum absolute atomic E-state index is 11.9. The number of carbonyl (C=O) groups is 3. The topological polar surface area (TPSA) is 160 Å². The van der Waals surface area contributed by atoms with Gasteiger partial charge in [-0.3, -0.25) is 14.9 Å². The largest absolute Gasteiger partial charge is 0.444 e. The van der Waals surface area contributed by atoms with E-state index in [2.05, 4.69) is 31.2 Å². The zero-order valence-electron chi connectivity index (χ0n) is 19.8. The molecule has 3 aromatic rings. The summed E-state index contributed by atoms with van der Waals surface area (Å²) in [5.41, 5.74) is 7.34. The summed E-state index contributed by atoms with van der Waals surface area (Å²) in [5.74, 6) is -0.487. The molecule has 0 atom stereocenters. The quantitative estimate of drug-likeness (QED) is 0.335. The first kappa shape index (κ1) is 25.0. The van der Waals surface area contributed by atoms with E-state index in [1.807, 2.05) is 0 Å². The Morgan fingerprint density at radius 3 is 2.17 bits per heavy atom. The fraction of sp³-hybridized carbons (Fsp3) is 0.208. The standard InChI is InChI=1S/C24H27N7O4/c1-14(32)27-17-6-5-7-18(12-17)29-22-26-13-19(20(25)33)21(31-22)28-15-8-10-16(11-9-15)30-23(34)35-24(2,3)4/h5-13H,1-4H3,(H2,25,33)(H,27,32)(H,30,34)(H2,26,28,29,31). The first-order valence-electron chi connectivity index (χ1n) is 10.7. The Morgan fingerprint density at radius 2 is 1.54 bits per heavy atom. The van der Waals surface area contributed by atoms with E-state index in [0.29, 0.717) is 22.7 Å². The normalized spacial score (nSPS) is 10.7. The van der Waals surface area contributed by atoms with Crippen LogP contribution in [0.15, 0.2) is 54.7 Å². The first-order valence-corrected chi connectivity index (χ1v) is 10.7. The van der Waals surface area contributed by atoms with Crippen LogP contribution in [0.2, 0.25) is 0 Å². The van der Waals surface area contributed by atoms with Crippen molar-refractivity contribution in [3.8, 4) is 0 Å². The summed E-state index contributed by atoms with van der Waals surface area (Å²) >= 11 is 0. The number of ether oxygens (including phenoxy) is 1. The SMILES string of the molecule is CC(=O)Nc1cccc(Nc2ncc(C(N)=O)c(Nc3ccc(NC(=O)OC(C)(C)C)cc3)n2)c1. The average molecular weight is 478 g/mol. The molecule has 0 aliphatic heterocycles. The highest BCUT2D eigenvalue weighted by Gasteiger charge is 2.16. The number of hydrogen-bond donors (Lipinski definition) is 5. The molecule has 0 aliphatic carbocycles. The molecule has 0 fully saturated rings. The molecule has 0 unspecified atom stereocenters. The lowest BCUT2D eigenvalue weighted by Crippen LogP contribution is -2.27. The summed E-state index contributed by atoms with van der Waals surface area (Å²) in [6.07, 6.45) is 0.749. The molecule has 0 bridgehead atoms. The van der Waals surface area contributed by atoms with E-state index >= 15 is 0 Å². The van der Waals surface area contributed by atoms with Crippen molar-refractivity contribution in [1.29, 1.82) is 0 Å². The zero-order chi connectivity index (χ0) is 25.6. The minimum absolute atomic E-state index is 0.0958. The van der Waals surface area contributed by atoms with Crippen molar-refractivity contribution in [2.45, 2.75) is 33.3 Å². The summed E-state index contributed by atoms with van der Waals surface area (Å²) in [7, 11) is 0. The molecule has 0 radical (unpaired) electrons. The molecule has 3 rings (SSSR count). The molecule has 1 heterocycles. The molecule has 1 aromatic heterocycles. The van der Waals surface area contributed by atoms with Gasteiger partial charge < -0.3 is 26.4 Å². The molecule has 35 heavy (non-hydrogen) atoms. The fourth-order valence-corrected chi connectivity index (χ4v) is 2.92. The molecule has 11 nitrogen and oxygen atoms in total. The fourth-order valence-electron chi connectivity index (χ4n) is 2.92. The van der Waals surface area contributed by atoms with Crippen LogP contribution >= 0.6 is 0 Å². The Labute approximate surface area is 202 Å². The van der Waals surface area contributed by atoms with Crippen molar-refractivity contribution in [3.05, 3.63) is 60.3 Å². The third-order valence-corrected chi connectivity index (χ3v) is 4.29. The number of carbonyl (C=O) groups excluding carboxylic acids is 3. The Morgan fingerprint density at radius 1 is 0.886 bits per heavy atom. The van der Waals surface area contributed by atoms with Crippen LogP contribution in [-0.2, 0) is 9.53 Å². The zero-order valence-corrected chi connectivity index (χ0v) is 19.8. The number of benzene rings is 2. The number of nitrogens with two attached hydrogens (primary N) is 1. The molecular formula is C24H27N7O4. The minimum atomic E-state index is -0.699. The van der Waals surface area contributed by atoms with Crippen LogP contribution in [0.5, 0.6) is 0 Å². The van der Waals surface area contributed by atoms with E-state index in [4.69, 9.17) is 10.5 Å².